The predicted molar refractivity (Wildman–Crippen MR) is 59.2 cm³/mol. The van der Waals surface area contributed by atoms with Crippen molar-refractivity contribution < 1.29 is 17.9 Å². The Hall–Kier alpha value is -1.46. The second kappa shape index (κ2) is 5.75. The summed E-state index contributed by atoms with van der Waals surface area (Å²) in [5.41, 5.74) is 0.652. The van der Waals surface area contributed by atoms with Crippen molar-refractivity contribution in [2.45, 2.75) is 32.5 Å². The molecule has 0 aliphatic rings. The number of aromatic nitrogens is 1. The summed E-state index contributed by atoms with van der Waals surface area (Å²) < 4.78 is 41.6. The lowest BCUT2D eigenvalue weighted by molar-refractivity contribution is -0.189. The summed E-state index contributed by atoms with van der Waals surface area (Å²) in [6.45, 7) is 3.69. The van der Waals surface area contributed by atoms with Gasteiger partial charge in [0.15, 0.2) is 6.10 Å². The van der Waals surface area contributed by atoms with Gasteiger partial charge in [-0.25, -0.2) is 0 Å². The number of nitrogens with one attached hydrogen (secondary N) is 1. The van der Waals surface area contributed by atoms with E-state index in [1.807, 2.05) is 6.92 Å². The number of alkyl halides is 3. The lowest BCUT2D eigenvalue weighted by Gasteiger charge is -2.17. The van der Waals surface area contributed by atoms with Crippen LogP contribution >= 0.6 is 0 Å². The standard InChI is InChI=1S/C11H15F3N2O/c1-3-4-16-9-5-10(7-15-6-9)17-8(2)11(12,13)14/h5-8,16H,3-4H2,1-2H3. The number of hydrogen-bond donors (Lipinski definition) is 1. The van der Waals surface area contributed by atoms with Crippen molar-refractivity contribution in [3.8, 4) is 5.75 Å². The highest BCUT2D eigenvalue weighted by atomic mass is 19.4. The zero-order valence-corrected chi connectivity index (χ0v) is 9.71. The number of nitrogens with zero attached hydrogens (tertiary/aromatic N) is 1. The average Bonchev–Trinajstić information content (AvgIpc) is 2.25. The summed E-state index contributed by atoms with van der Waals surface area (Å²) in [7, 11) is 0. The van der Waals surface area contributed by atoms with Gasteiger partial charge in [0.1, 0.15) is 5.75 Å². The Morgan fingerprint density at radius 2 is 2.12 bits per heavy atom. The van der Waals surface area contributed by atoms with Crippen LogP contribution in [0.5, 0.6) is 5.75 Å². The summed E-state index contributed by atoms with van der Waals surface area (Å²) in [6.07, 6.45) is -2.48. The third kappa shape index (κ3) is 4.50. The third-order valence-electron chi connectivity index (χ3n) is 2.07. The van der Waals surface area contributed by atoms with Gasteiger partial charge in [-0.2, -0.15) is 13.2 Å². The zero-order chi connectivity index (χ0) is 12.9. The number of ether oxygens (including phenoxy) is 1. The molecular weight excluding hydrogens is 233 g/mol. The lowest BCUT2D eigenvalue weighted by atomic mass is 10.3. The SMILES string of the molecule is CCCNc1cncc(OC(C)C(F)(F)F)c1. The molecule has 0 spiro atoms. The maximum Gasteiger partial charge on any atom is 0.425 e. The predicted octanol–water partition coefficient (Wildman–Crippen LogP) is 3.23. The van der Waals surface area contributed by atoms with E-state index in [1.54, 1.807) is 6.20 Å². The summed E-state index contributed by atoms with van der Waals surface area (Å²) >= 11 is 0. The molecule has 0 aromatic carbocycles. The van der Waals surface area contributed by atoms with Crippen LogP contribution in [0.1, 0.15) is 20.3 Å². The molecule has 0 aliphatic heterocycles. The first-order valence-corrected chi connectivity index (χ1v) is 5.35. The fourth-order valence-corrected chi connectivity index (χ4v) is 1.12. The molecule has 0 radical (unpaired) electrons. The van der Waals surface area contributed by atoms with Crippen LogP contribution in [0.3, 0.4) is 0 Å². The molecule has 0 saturated carbocycles. The molecule has 0 amide bonds. The first-order chi connectivity index (χ1) is 7.93. The fourth-order valence-electron chi connectivity index (χ4n) is 1.12. The maximum atomic E-state index is 12.3. The second-order valence-electron chi connectivity index (χ2n) is 3.64. The molecule has 0 saturated heterocycles. The molecule has 0 bridgehead atoms. The van der Waals surface area contributed by atoms with E-state index in [1.165, 1.54) is 12.3 Å². The Kier molecular flexibility index (Phi) is 4.60. The van der Waals surface area contributed by atoms with Crippen LogP contribution in [0.25, 0.3) is 0 Å². The van der Waals surface area contributed by atoms with Crippen molar-refractivity contribution >= 4 is 5.69 Å². The van der Waals surface area contributed by atoms with Gasteiger partial charge in [-0.05, 0) is 13.3 Å². The first kappa shape index (κ1) is 13.6. The highest BCUT2D eigenvalue weighted by Crippen LogP contribution is 2.25. The number of anilines is 1. The quantitative estimate of drug-likeness (QED) is 0.868. The van der Waals surface area contributed by atoms with Gasteiger partial charge in [0, 0.05) is 12.6 Å². The topological polar surface area (TPSA) is 34.2 Å². The van der Waals surface area contributed by atoms with Crippen molar-refractivity contribution in [3.05, 3.63) is 18.5 Å². The Bertz CT molecular complexity index is 355. The summed E-state index contributed by atoms with van der Waals surface area (Å²) in [5, 5.41) is 3.02. The molecule has 1 aromatic rings. The Labute approximate surface area is 98.0 Å². The molecule has 0 aliphatic carbocycles. The minimum atomic E-state index is -4.37. The Balaban J connectivity index is 2.65. The van der Waals surface area contributed by atoms with E-state index in [9.17, 15) is 13.2 Å². The van der Waals surface area contributed by atoms with Crippen LogP contribution < -0.4 is 10.1 Å². The van der Waals surface area contributed by atoms with Gasteiger partial charge in [0.25, 0.3) is 0 Å². The number of rotatable bonds is 5. The third-order valence-corrected chi connectivity index (χ3v) is 2.07. The van der Waals surface area contributed by atoms with E-state index in [0.29, 0.717) is 5.69 Å². The molecule has 1 aromatic heterocycles. The maximum absolute atomic E-state index is 12.3. The van der Waals surface area contributed by atoms with Crippen LogP contribution in [0.2, 0.25) is 0 Å². The highest BCUT2D eigenvalue weighted by Gasteiger charge is 2.38. The van der Waals surface area contributed by atoms with Crippen LogP contribution in [0.15, 0.2) is 18.5 Å². The average molecular weight is 248 g/mol. The van der Waals surface area contributed by atoms with E-state index in [2.05, 4.69) is 10.3 Å². The molecular formula is C11H15F3N2O. The molecule has 1 rings (SSSR count). The molecule has 3 nitrogen and oxygen atoms in total. The smallest absolute Gasteiger partial charge is 0.425 e. The van der Waals surface area contributed by atoms with Gasteiger partial charge >= 0.3 is 6.18 Å². The van der Waals surface area contributed by atoms with Gasteiger partial charge in [0.05, 0.1) is 18.1 Å². The minimum Gasteiger partial charge on any atom is -0.480 e. The second-order valence-corrected chi connectivity index (χ2v) is 3.64. The van der Waals surface area contributed by atoms with Gasteiger partial charge in [-0.1, -0.05) is 6.92 Å². The molecule has 0 fully saturated rings. The monoisotopic (exact) mass is 248 g/mol. The van der Waals surface area contributed by atoms with Gasteiger partial charge in [0.2, 0.25) is 0 Å². The lowest BCUT2D eigenvalue weighted by Crippen LogP contribution is -2.31. The van der Waals surface area contributed by atoms with Gasteiger partial charge in [-0.15, -0.1) is 0 Å². The van der Waals surface area contributed by atoms with Crippen molar-refractivity contribution in [2.24, 2.45) is 0 Å². The van der Waals surface area contributed by atoms with E-state index >= 15 is 0 Å². The van der Waals surface area contributed by atoms with Gasteiger partial charge < -0.3 is 10.1 Å². The molecule has 6 heteroatoms. The molecule has 1 atom stereocenters. The van der Waals surface area contributed by atoms with Crippen LogP contribution in [-0.2, 0) is 0 Å². The molecule has 1 heterocycles. The zero-order valence-electron chi connectivity index (χ0n) is 9.71. The Morgan fingerprint density at radius 1 is 1.41 bits per heavy atom. The molecule has 1 N–H and O–H groups in total. The van der Waals surface area contributed by atoms with E-state index in [0.717, 1.165) is 19.9 Å². The van der Waals surface area contributed by atoms with Crippen LogP contribution in [0.4, 0.5) is 18.9 Å². The van der Waals surface area contributed by atoms with E-state index < -0.39 is 12.3 Å². The largest absolute Gasteiger partial charge is 0.480 e. The minimum absolute atomic E-state index is 0.107. The van der Waals surface area contributed by atoms with Crippen molar-refractivity contribution in [1.29, 1.82) is 0 Å². The van der Waals surface area contributed by atoms with E-state index in [-0.39, 0.29) is 5.75 Å². The van der Waals surface area contributed by atoms with Gasteiger partial charge in [-0.3, -0.25) is 4.98 Å². The van der Waals surface area contributed by atoms with Crippen molar-refractivity contribution in [1.82, 2.24) is 4.98 Å². The van der Waals surface area contributed by atoms with Crippen molar-refractivity contribution in [2.75, 3.05) is 11.9 Å². The van der Waals surface area contributed by atoms with Crippen LogP contribution in [-0.4, -0.2) is 23.8 Å². The molecule has 17 heavy (non-hydrogen) atoms. The fraction of sp³-hybridized carbons (Fsp3) is 0.545. The van der Waals surface area contributed by atoms with E-state index in [4.69, 9.17) is 4.74 Å². The van der Waals surface area contributed by atoms with Crippen LogP contribution in [0, 0.1) is 0 Å². The van der Waals surface area contributed by atoms with Crippen molar-refractivity contribution in [3.63, 3.8) is 0 Å². The Morgan fingerprint density at radius 3 is 2.71 bits per heavy atom. The number of halogens is 3. The first-order valence-electron chi connectivity index (χ1n) is 5.35. The molecule has 96 valence electrons. The summed E-state index contributed by atoms with van der Waals surface area (Å²) in [5.74, 6) is 0.107. The molecule has 1 unspecified atom stereocenters. The highest BCUT2D eigenvalue weighted by molar-refractivity contribution is 5.45. The number of hydrogen-bond acceptors (Lipinski definition) is 3. The summed E-state index contributed by atoms with van der Waals surface area (Å²) in [6, 6.07) is 1.50. The normalized spacial score (nSPS) is 13.2. The summed E-state index contributed by atoms with van der Waals surface area (Å²) in [4.78, 5) is 3.82. The number of pyridine rings is 1.